The van der Waals surface area contributed by atoms with E-state index in [1.54, 1.807) is 0 Å². The number of aromatic hydroxyl groups is 1. The number of rotatable bonds is 2. The number of nitro groups is 1. The summed E-state index contributed by atoms with van der Waals surface area (Å²) >= 11 is 0. The SMILES string of the molecule is CC1CC(c2ccc(O)c([N+](=O)[O-])c2)CC(C)(C)C1. The number of phenolic OH excluding ortho intramolecular Hbond substituents is 1. The quantitative estimate of drug-likeness (QED) is 0.641. The van der Waals surface area contributed by atoms with E-state index in [1.807, 2.05) is 6.07 Å². The predicted octanol–water partition coefficient (Wildman–Crippen LogP) is 4.23. The lowest BCUT2D eigenvalue weighted by Crippen LogP contribution is -2.26. The molecule has 1 aliphatic rings. The van der Waals surface area contributed by atoms with E-state index in [9.17, 15) is 15.2 Å². The molecule has 0 radical (unpaired) electrons. The predicted molar refractivity (Wildman–Crippen MR) is 74.3 cm³/mol. The van der Waals surface area contributed by atoms with Crippen LogP contribution in [0.2, 0.25) is 0 Å². The summed E-state index contributed by atoms with van der Waals surface area (Å²) in [5.74, 6) is 0.719. The molecule has 0 aromatic heterocycles. The molecule has 104 valence electrons. The molecule has 0 spiro atoms. The van der Waals surface area contributed by atoms with Crippen LogP contribution in [0.3, 0.4) is 0 Å². The number of hydrogen-bond donors (Lipinski definition) is 1. The Morgan fingerprint density at radius 3 is 2.63 bits per heavy atom. The van der Waals surface area contributed by atoms with Gasteiger partial charge >= 0.3 is 5.69 Å². The Kier molecular flexibility index (Phi) is 3.52. The zero-order valence-corrected chi connectivity index (χ0v) is 11.7. The van der Waals surface area contributed by atoms with Crippen LogP contribution in [0, 0.1) is 21.4 Å². The van der Waals surface area contributed by atoms with Gasteiger partial charge in [-0.3, -0.25) is 10.1 Å². The summed E-state index contributed by atoms with van der Waals surface area (Å²) in [7, 11) is 0. The lowest BCUT2D eigenvalue weighted by atomic mass is 9.66. The summed E-state index contributed by atoms with van der Waals surface area (Å²) in [4.78, 5) is 10.4. The molecule has 1 saturated carbocycles. The van der Waals surface area contributed by atoms with Gasteiger partial charge in [-0.15, -0.1) is 0 Å². The van der Waals surface area contributed by atoms with Crippen LogP contribution in [-0.2, 0) is 0 Å². The number of hydrogen-bond acceptors (Lipinski definition) is 3. The van der Waals surface area contributed by atoms with Gasteiger partial charge in [-0.25, -0.2) is 0 Å². The average Bonchev–Trinajstić information content (AvgIpc) is 2.26. The molecular formula is C15H21NO3. The average molecular weight is 263 g/mol. The summed E-state index contributed by atoms with van der Waals surface area (Å²) in [5.41, 5.74) is 1.06. The standard InChI is InChI=1S/C15H21NO3/c1-10-6-12(9-15(2,3)8-10)11-4-5-14(17)13(7-11)16(18)19/h4-5,7,10,12,17H,6,8-9H2,1-3H3. The molecule has 0 bridgehead atoms. The van der Waals surface area contributed by atoms with Crippen molar-refractivity contribution in [3.05, 3.63) is 33.9 Å². The Bertz CT molecular complexity index is 496. The minimum Gasteiger partial charge on any atom is -0.502 e. The summed E-state index contributed by atoms with van der Waals surface area (Å²) in [5, 5.41) is 20.4. The van der Waals surface area contributed by atoms with Gasteiger partial charge in [0.25, 0.3) is 0 Å². The van der Waals surface area contributed by atoms with Gasteiger partial charge in [0, 0.05) is 6.07 Å². The van der Waals surface area contributed by atoms with Crippen LogP contribution in [0.5, 0.6) is 5.75 Å². The number of phenols is 1. The fourth-order valence-corrected chi connectivity index (χ4v) is 3.54. The molecule has 0 saturated heterocycles. The van der Waals surface area contributed by atoms with Crippen LogP contribution in [-0.4, -0.2) is 10.0 Å². The normalized spacial score (nSPS) is 26.1. The van der Waals surface area contributed by atoms with Crippen LogP contribution >= 0.6 is 0 Å². The first-order valence-electron chi connectivity index (χ1n) is 6.76. The lowest BCUT2D eigenvalue weighted by molar-refractivity contribution is -0.385. The van der Waals surface area contributed by atoms with Crippen LogP contribution in [0.25, 0.3) is 0 Å². The molecule has 1 aromatic rings. The van der Waals surface area contributed by atoms with Gasteiger partial charge in [0.05, 0.1) is 4.92 Å². The molecule has 2 rings (SSSR count). The van der Waals surface area contributed by atoms with Gasteiger partial charge in [0.15, 0.2) is 5.75 Å². The van der Waals surface area contributed by atoms with Gasteiger partial charge in [0.2, 0.25) is 0 Å². The van der Waals surface area contributed by atoms with E-state index >= 15 is 0 Å². The Balaban J connectivity index is 2.31. The van der Waals surface area contributed by atoms with Crippen molar-refractivity contribution >= 4 is 5.69 Å². The fraction of sp³-hybridized carbons (Fsp3) is 0.600. The third-order valence-electron chi connectivity index (χ3n) is 4.05. The molecule has 2 unspecified atom stereocenters. The molecule has 4 heteroatoms. The van der Waals surface area contributed by atoms with E-state index in [1.165, 1.54) is 18.6 Å². The van der Waals surface area contributed by atoms with Crippen molar-refractivity contribution in [2.75, 3.05) is 0 Å². The van der Waals surface area contributed by atoms with E-state index in [0.29, 0.717) is 11.8 Å². The summed E-state index contributed by atoms with van der Waals surface area (Å²) in [6.07, 6.45) is 3.30. The second-order valence-corrected chi connectivity index (χ2v) is 6.62. The molecule has 1 aromatic carbocycles. The van der Waals surface area contributed by atoms with Crippen molar-refractivity contribution in [3.8, 4) is 5.75 Å². The Labute approximate surface area is 113 Å². The van der Waals surface area contributed by atoms with Crippen molar-refractivity contribution in [3.63, 3.8) is 0 Å². The second-order valence-electron chi connectivity index (χ2n) is 6.62. The Hall–Kier alpha value is -1.58. The first-order valence-corrected chi connectivity index (χ1v) is 6.76. The van der Waals surface area contributed by atoms with E-state index in [4.69, 9.17) is 0 Å². The van der Waals surface area contributed by atoms with Gasteiger partial charge in [0.1, 0.15) is 0 Å². The summed E-state index contributed by atoms with van der Waals surface area (Å²) in [6.45, 7) is 6.75. The van der Waals surface area contributed by atoms with Crippen molar-refractivity contribution < 1.29 is 10.0 Å². The molecular weight excluding hydrogens is 242 g/mol. The molecule has 0 aliphatic heterocycles. The minimum atomic E-state index is -0.518. The van der Waals surface area contributed by atoms with Gasteiger partial charge in [-0.2, -0.15) is 0 Å². The number of benzene rings is 1. The van der Waals surface area contributed by atoms with Crippen molar-refractivity contribution in [2.24, 2.45) is 11.3 Å². The molecule has 0 amide bonds. The van der Waals surface area contributed by atoms with E-state index in [2.05, 4.69) is 20.8 Å². The van der Waals surface area contributed by atoms with Crippen LogP contribution < -0.4 is 0 Å². The van der Waals surface area contributed by atoms with Crippen LogP contribution in [0.1, 0.15) is 51.5 Å². The third kappa shape index (κ3) is 3.06. The fourth-order valence-electron chi connectivity index (χ4n) is 3.54. The van der Waals surface area contributed by atoms with E-state index < -0.39 is 4.92 Å². The Morgan fingerprint density at radius 2 is 2.05 bits per heavy atom. The first kappa shape index (κ1) is 13.8. The highest BCUT2D eigenvalue weighted by Crippen LogP contribution is 2.46. The van der Waals surface area contributed by atoms with Crippen LogP contribution in [0.15, 0.2) is 18.2 Å². The zero-order valence-electron chi connectivity index (χ0n) is 11.7. The minimum absolute atomic E-state index is 0.187. The molecule has 1 fully saturated rings. The highest BCUT2D eigenvalue weighted by atomic mass is 16.6. The van der Waals surface area contributed by atoms with E-state index in [-0.39, 0.29) is 16.9 Å². The highest BCUT2D eigenvalue weighted by Gasteiger charge is 2.33. The van der Waals surface area contributed by atoms with E-state index in [0.717, 1.165) is 18.4 Å². The summed E-state index contributed by atoms with van der Waals surface area (Å²) < 4.78 is 0. The highest BCUT2D eigenvalue weighted by molar-refractivity contribution is 5.48. The zero-order chi connectivity index (χ0) is 14.2. The Morgan fingerprint density at radius 1 is 1.37 bits per heavy atom. The van der Waals surface area contributed by atoms with Gasteiger partial charge in [-0.05, 0) is 48.1 Å². The number of nitro benzene ring substituents is 1. The topological polar surface area (TPSA) is 63.4 Å². The van der Waals surface area contributed by atoms with Crippen molar-refractivity contribution in [2.45, 2.75) is 46.0 Å². The van der Waals surface area contributed by atoms with Gasteiger partial charge in [-0.1, -0.05) is 26.8 Å². The molecule has 1 N–H and O–H groups in total. The van der Waals surface area contributed by atoms with Gasteiger partial charge < -0.3 is 5.11 Å². The molecule has 2 atom stereocenters. The molecule has 19 heavy (non-hydrogen) atoms. The monoisotopic (exact) mass is 263 g/mol. The maximum atomic E-state index is 10.9. The lowest BCUT2D eigenvalue weighted by Gasteiger charge is -2.39. The largest absolute Gasteiger partial charge is 0.502 e. The first-order chi connectivity index (χ1) is 8.78. The third-order valence-corrected chi connectivity index (χ3v) is 4.05. The smallest absolute Gasteiger partial charge is 0.310 e. The maximum absolute atomic E-state index is 10.9. The van der Waals surface area contributed by atoms with Crippen molar-refractivity contribution in [1.82, 2.24) is 0 Å². The van der Waals surface area contributed by atoms with Crippen molar-refractivity contribution in [1.29, 1.82) is 0 Å². The number of nitrogens with zero attached hydrogens (tertiary/aromatic N) is 1. The molecule has 1 aliphatic carbocycles. The van der Waals surface area contributed by atoms with Crippen LogP contribution in [0.4, 0.5) is 5.69 Å². The molecule has 4 nitrogen and oxygen atoms in total. The second kappa shape index (κ2) is 4.83. The molecule has 0 heterocycles. The maximum Gasteiger partial charge on any atom is 0.310 e. The summed E-state index contributed by atoms with van der Waals surface area (Å²) in [6, 6.07) is 4.80.